The minimum absolute atomic E-state index is 0.259. The highest BCUT2D eigenvalue weighted by atomic mass is 19.1. The smallest absolute Gasteiger partial charge is 0.123 e. The van der Waals surface area contributed by atoms with E-state index in [2.05, 4.69) is 4.90 Å². The molecule has 0 aliphatic carbocycles. The van der Waals surface area contributed by atoms with Crippen LogP contribution in [0.4, 0.5) is 4.39 Å². The lowest BCUT2D eigenvalue weighted by atomic mass is 10.3. The molecule has 2 rings (SSSR count). The highest BCUT2D eigenvalue weighted by Crippen LogP contribution is 2.16. The summed E-state index contributed by atoms with van der Waals surface area (Å²) in [6.45, 7) is 2.70. The van der Waals surface area contributed by atoms with Gasteiger partial charge in [0.2, 0.25) is 0 Å². The van der Waals surface area contributed by atoms with Crippen LogP contribution < -0.4 is 14.2 Å². The Balaban J connectivity index is 1.60. The van der Waals surface area contributed by atoms with Crippen LogP contribution in [-0.4, -0.2) is 45.4 Å². The maximum absolute atomic E-state index is 12.8. The zero-order valence-corrected chi connectivity index (χ0v) is 13.5. The molecular formula is C18H22FNO3. The molecule has 4 nitrogen and oxygen atoms in total. The third-order valence-corrected chi connectivity index (χ3v) is 3.36. The van der Waals surface area contributed by atoms with Crippen LogP contribution in [0.25, 0.3) is 0 Å². The topological polar surface area (TPSA) is 30.9 Å². The van der Waals surface area contributed by atoms with E-state index in [1.165, 1.54) is 12.1 Å². The average molecular weight is 319 g/mol. The normalized spacial score (nSPS) is 10.6. The van der Waals surface area contributed by atoms with Crippen molar-refractivity contribution in [2.75, 3.05) is 40.5 Å². The van der Waals surface area contributed by atoms with Gasteiger partial charge in [0.15, 0.2) is 0 Å². The third kappa shape index (κ3) is 6.16. The van der Waals surface area contributed by atoms with Crippen LogP contribution in [0.15, 0.2) is 48.5 Å². The molecule has 2 aromatic carbocycles. The van der Waals surface area contributed by atoms with Crippen molar-refractivity contribution in [1.29, 1.82) is 0 Å². The van der Waals surface area contributed by atoms with E-state index in [0.29, 0.717) is 19.0 Å². The molecule has 0 saturated carbocycles. The third-order valence-electron chi connectivity index (χ3n) is 3.36. The lowest BCUT2D eigenvalue weighted by Gasteiger charge is -2.17. The molecule has 124 valence electrons. The molecule has 5 heteroatoms. The van der Waals surface area contributed by atoms with Crippen molar-refractivity contribution >= 4 is 0 Å². The predicted molar refractivity (Wildman–Crippen MR) is 87.9 cm³/mol. The van der Waals surface area contributed by atoms with Gasteiger partial charge in [0.25, 0.3) is 0 Å². The second-order valence-electron chi connectivity index (χ2n) is 5.13. The second-order valence-corrected chi connectivity index (χ2v) is 5.13. The summed E-state index contributed by atoms with van der Waals surface area (Å²) in [4.78, 5) is 2.12. The number of halogens is 1. The Kier molecular flexibility index (Phi) is 6.69. The molecule has 0 fully saturated rings. The summed E-state index contributed by atoms with van der Waals surface area (Å²) in [6.07, 6.45) is 0. The Bertz CT molecular complexity index is 572. The van der Waals surface area contributed by atoms with Crippen LogP contribution in [0, 0.1) is 5.82 Å². The molecule has 2 aromatic rings. The fourth-order valence-corrected chi connectivity index (χ4v) is 1.95. The van der Waals surface area contributed by atoms with E-state index in [9.17, 15) is 4.39 Å². The lowest BCUT2D eigenvalue weighted by Crippen LogP contribution is -2.28. The molecule has 0 amide bonds. The molecule has 0 aliphatic heterocycles. The van der Waals surface area contributed by atoms with Crippen LogP contribution in [0.3, 0.4) is 0 Å². The van der Waals surface area contributed by atoms with Gasteiger partial charge < -0.3 is 14.2 Å². The van der Waals surface area contributed by atoms with Crippen molar-refractivity contribution in [3.05, 3.63) is 54.3 Å². The molecule has 0 heterocycles. The van der Waals surface area contributed by atoms with Crippen molar-refractivity contribution in [1.82, 2.24) is 4.90 Å². The van der Waals surface area contributed by atoms with Crippen molar-refractivity contribution < 1.29 is 18.6 Å². The molecule has 0 atom stereocenters. The standard InChI is InChI=1S/C18H22FNO3/c1-20(11-13-22-17-5-3-15(19)4-6-17)12-14-23-18-9-7-16(21-2)8-10-18/h3-10H,11-14H2,1-2H3. The van der Waals surface area contributed by atoms with Crippen molar-refractivity contribution in [2.45, 2.75) is 0 Å². The molecule has 0 N–H and O–H groups in total. The van der Waals surface area contributed by atoms with Gasteiger partial charge in [-0.25, -0.2) is 4.39 Å². The second kappa shape index (κ2) is 9.00. The van der Waals surface area contributed by atoms with Crippen LogP contribution in [-0.2, 0) is 0 Å². The average Bonchev–Trinajstić information content (AvgIpc) is 2.57. The van der Waals surface area contributed by atoms with Gasteiger partial charge in [-0.1, -0.05) is 0 Å². The number of likely N-dealkylation sites (N-methyl/N-ethyl adjacent to an activating group) is 1. The number of hydrogen-bond donors (Lipinski definition) is 0. The first kappa shape index (κ1) is 17.1. The van der Waals surface area contributed by atoms with Gasteiger partial charge in [0.1, 0.15) is 36.3 Å². The van der Waals surface area contributed by atoms with Gasteiger partial charge >= 0.3 is 0 Å². The quantitative estimate of drug-likeness (QED) is 0.710. The first-order valence-corrected chi connectivity index (χ1v) is 7.51. The van der Waals surface area contributed by atoms with Crippen LogP contribution in [0.2, 0.25) is 0 Å². The molecular weight excluding hydrogens is 297 g/mol. The van der Waals surface area contributed by atoms with Gasteiger partial charge in [-0.3, -0.25) is 4.90 Å². The zero-order chi connectivity index (χ0) is 16.5. The SMILES string of the molecule is COc1ccc(OCCN(C)CCOc2ccc(F)cc2)cc1. The summed E-state index contributed by atoms with van der Waals surface area (Å²) in [7, 11) is 3.64. The maximum Gasteiger partial charge on any atom is 0.123 e. The minimum atomic E-state index is -0.259. The molecule has 0 radical (unpaired) electrons. The molecule has 0 saturated heterocycles. The lowest BCUT2D eigenvalue weighted by molar-refractivity contribution is 0.202. The van der Waals surface area contributed by atoms with E-state index >= 15 is 0 Å². The van der Waals surface area contributed by atoms with Gasteiger partial charge in [-0.15, -0.1) is 0 Å². The van der Waals surface area contributed by atoms with E-state index in [1.54, 1.807) is 19.2 Å². The summed E-state index contributed by atoms with van der Waals surface area (Å²) in [5.41, 5.74) is 0. The number of ether oxygens (including phenoxy) is 3. The zero-order valence-electron chi connectivity index (χ0n) is 13.5. The van der Waals surface area contributed by atoms with Crippen molar-refractivity contribution in [2.24, 2.45) is 0 Å². The van der Waals surface area contributed by atoms with Gasteiger partial charge in [0.05, 0.1) is 7.11 Å². The molecule has 0 bridgehead atoms. The Morgan fingerprint density at radius 3 is 1.70 bits per heavy atom. The number of methoxy groups -OCH3 is 1. The monoisotopic (exact) mass is 319 g/mol. The van der Waals surface area contributed by atoms with Gasteiger partial charge in [0, 0.05) is 13.1 Å². The summed E-state index contributed by atoms with van der Waals surface area (Å²) >= 11 is 0. The van der Waals surface area contributed by atoms with E-state index in [0.717, 1.165) is 24.6 Å². The molecule has 0 unspecified atom stereocenters. The molecule has 0 aliphatic rings. The first-order chi connectivity index (χ1) is 11.2. The molecule has 0 aromatic heterocycles. The Labute approximate surface area is 136 Å². The van der Waals surface area contributed by atoms with E-state index < -0.39 is 0 Å². The summed E-state index contributed by atoms with van der Waals surface area (Å²) < 4.78 is 29.1. The van der Waals surface area contributed by atoms with Crippen molar-refractivity contribution in [3.8, 4) is 17.2 Å². The number of nitrogens with zero attached hydrogens (tertiary/aromatic N) is 1. The van der Waals surface area contributed by atoms with Crippen molar-refractivity contribution in [3.63, 3.8) is 0 Å². The minimum Gasteiger partial charge on any atom is -0.497 e. The fraction of sp³-hybridized carbons (Fsp3) is 0.333. The number of rotatable bonds is 9. The van der Waals surface area contributed by atoms with Crippen LogP contribution in [0.1, 0.15) is 0 Å². The molecule has 0 spiro atoms. The van der Waals surface area contributed by atoms with Gasteiger partial charge in [-0.05, 0) is 55.6 Å². The number of benzene rings is 2. The Hall–Kier alpha value is -2.27. The first-order valence-electron chi connectivity index (χ1n) is 7.51. The number of hydrogen-bond acceptors (Lipinski definition) is 4. The summed E-state index contributed by atoms with van der Waals surface area (Å²) in [5.74, 6) is 2.05. The predicted octanol–water partition coefficient (Wildman–Crippen LogP) is 3.22. The fourth-order valence-electron chi connectivity index (χ4n) is 1.95. The van der Waals surface area contributed by atoms with E-state index in [-0.39, 0.29) is 5.82 Å². The largest absolute Gasteiger partial charge is 0.497 e. The van der Waals surface area contributed by atoms with Gasteiger partial charge in [-0.2, -0.15) is 0 Å². The highest BCUT2D eigenvalue weighted by molar-refractivity contribution is 5.31. The van der Waals surface area contributed by atoms with E-state index in [1.807, 2.05) is 31.3 Å². The van der Waals surface area contributed by atoms with Crippen LogP contribution in [0.5, 0.6) is 17.2 Å². The summed E-state index contributed by atoms with van der Waals surface area (Å²) in [6, 6.07) is 13.5. The Morgan fingerprint density at radius 1 is 0.783 bits per heavy atom. The van der Waals surface area contributed by atoms with Crippen LogP contribution >= 0.6 is 0 Å². The van der Waals surface area contributed by atoms with E-state index in [4.69, 9.17) is 14.2 Å². The summed E-state index contributed by atoms with van der Waals surface area (Å²) in [5, 5.41) is 0. The highest BCUT2D eigenvalue weighted by Gasteiger charge is 2.01. The Morgan fingerprint density at radius 2 is 1.22 bits per heavy atom. The molecule has 23 heavy (non-hydrogen) atoms. The maximum atomic E-state index is 12.8.